The van der Waals surface area contributed by atoms with Crippen molar-refractivity contribution in [2.75, 3.05) is 13.2 Å². The summed E-state index contributed by atoms with van der Waals surface area (Å²) in [4.78, 5) is 37.1. The Bertz CT molecular complexity index is 688. The van der Waals surface area contributed by atoms with Crippen molar-refractivity contribution in [1.29, 1.82) is 5.26 Å². The maximum absolute atomic E-state index is 12.1. The Labute approximate surface area is 127 Å². The lowest BCUT2D eigenvalue weighted by molar-refractivity contribution is 0.0501. The van der Waals surface area contributed by atoms with E-state index in [1.54, 1.807) is 0 Å². The number of fused-ring (bicyclic) bond motifs is 1. The first-order chi connectivity index (χ1) is 10.6. The van der Waals surface area contributed by atoms with Crippen molar-refractivity contribution in [1.82, 2.24) is 4.90 Å². The molecule has 6 heteroatoms. The van der Waals surface area contributed by atoms with Gasteiger partial charge in [-0.3, -0.25) is 14.5 Å². The molecule has 22 heavy (non-hydrogen) atoms. The second kappa shape index (κ2) is 6.68. The Morgan fingerprint density at radius 1 is 1.32 bits per heavy atom. The van der Waals surface area contributed by atoms with E-state index < -0.39 is 17.8 Å². The molecule has 1 aromatic rings. The zero-order valence-corrected chi connectivity index (χ0v) is 11.9. The molecule has 1 aromatic carbocycles. The molecule has 0 atom stereocenters. The van der Waals surface area contributed by atoms with Crippen molar-refractivity contribution in [2.45, 2.75) is 12.8 Å². The molecule has 0 bridgehead atoms. The third-order valence-corrected chi connectivity index (χ3v) is 3.18. The van der Waals surface area contributed by atoms with Crippen LogP contribution < -0.4 is 0 Å². The highest BCUT2D eigenvalue weighted by atomic mass is 16.5. The van der Waals surface area contributed by atoms with Crippen LogP contribution in [-0.2, 0) is 4.74 Å². The number of hydrogen-bond acceptors (Lipinski definition) is 5. The lowest BCUT2D eigenvalue weighted by atomic mass is 10.1. The standard InChI is InChI=1S/C16H14N2O4/c1-2-8-18-14(19)12-6-5-11(10-13(12)15(18)20)16(21)22-9-4-3-7-17/h2,5-6,10H,1,3-4,8-9H2. The van der Waals surface area contributed by atoms with Gasteiger partial charge in [-0.15, -0.1) is 6.58 Å². The van der Waals surface area contributed by atoms with Crippen molar-refractivity contribution >= 4 is 17.8 Å². The Morgan fingerprint density at radius 3 is 2.73 bits per heavy atom. The smallest absolute Gasteiger partial charge is 0.338 e. The Morgan fingerprint density at radius 2 is 2.05 bits per heavy atom. The van der Waals surface area contributed by atoms with Gasteiger partial charge in [0.05, 0.1) is 29.4 Å². The Hall–Kier alpha value is -2.94. The molecule has 0 aromatic heterocycles. The molecular weight excluding hydrogens is 284 g/mol. The second-order valence-corrected chi connectivity index (χ2v) is 4.67. The fraction of sp³-hybridized carbons (Fsp3) is 0.250. The fourth-order valence-corrected chi connectivity index (χ4v) is 2.11. The van der Waals surface area contributed by atoms with E-state index in [9.17, 15) is 14.4 Å². The van der Waals surface area contributed by atoms with Crippen LogP contribution in [0.4, 0.5) is 0 Å². The summed E-state index contributed by atoms with van der Waals surface area (Å²) in [5, 5.41) is 8.41. The van der Waals surface area contributed by atoms with E-state index in [1.807, 2.05) is 6.07 Å². The molecule has 0 aliphatic carbocycles. The van der Waals surface area contributed by atoms with Gasteiger partial charge in [-0.1, -0.05) is 6.08 Å². The van der Waals surface area contributed by atoms with Crippen LogP contribution in [0.5, 0.6) is 0 Å². The summed E-state index contributed by atoms with van der Waals surface area (Å²) < 4.78 is 5.01. The predicted octanol–water partition coefficient (Wildman–Crippen LogP) is 1.93. The van der Waals surface area contributed by atoms with Crippen molar-refractivity contribution in [2.24, 2.45) is 0 Å². The molecule has 1 aliphatic rings. The second-order valence-electron chi connectivity index (χ2n) is 4.67. The summed E-state index contributed by atoms with van der Waals surface area (Å²) in [5.74, 6) is -1.42. The molecule has 1 aliphatic heterocycles. The molecule has 0 radical (unpaired) electrons. The first-order valence-corrected chi connectivity index (χ1v) is 6.75. The SMILES string of the molecule is C=CCN1C(=O)c2ccc(C(=O)OCCCC#N)cc2C1=O. The van der Waals surface area contributed by atoms with Gasteiger partial charge in [-0.25, -0.2) is 4.79 Å². The van der Waals surface area contributed by atoms with Crippen LogP contribution in [0.25, 0.3) is 0 Å². The third-order valence-electron chi connectivity index (χ3n) is 3.18. The van der Waals surface area contributed by atoms with Crippen LogP contribution in [0, 0.1) is 11.3 Å². The molecular formula is C16H14N2O4. The van der Waals surface area contributed by atoms with Crippen LogP contribution in [0.15, 0.2) is 30.9 Å². The number of unbranched alkanes of at least 4 members (excludes halogenated alkanes) is 1. The van der Waals surface area contributed by atoms with E-state index in [0.29, 0.717) is 12.8 Å². The summed E-state index contributed by atoms with van der Waals surface area (Å²) in [5.41, 5.74) is 0.670. The number of nitrogens with zero attached hydrogens (tertiary/aromatic N) is 2. The Kier molecular flexibility index (Phi) is 4.69. The van der Waals surface area contributed by atoms with Gasteiger partial charge in [-0.05, 0) is 24.6 Å². The molecule has 1 heterocycles. The molecule has 6 nitrogen and oxygen atoms in total. The zero-order chi connectivity index (χ0) is 16.1. The van der Waals surface area contributed by atoms with Gasteiger partial charge in [0.2, 0.25) is 0 Å². The van der Waals surface area contributed by atoms with Gasteiger partial charge < -0.3 is 4.74 Å². The summed E-state index contributed by atoms with van der Waals surface area (Å²) >= 11 is 0. The topological polar surface area (TPSA) is 87.5 Å². The largest absolute Gasteiger partial charge is 0.462 e. The van der Waals surface area contributed by atoms with E-state index in [0.717, 1.165) is 4.90 Å². The number of ether oxygens (including phenoxy) is 1. The van der Waals surface area contributed by atoms with E-state index >= 15 is 0 Å². The van der Waals surface area contributed by atoms with Crippen molar-refractivity contribution in [3.63, 3.8) is 0 Å². The van der Waals surface area contributed by atoms with Gasteiger partial charge in [0.25, 0.3) is 11.8 Å². The summed E-state index contributed by atoms with van der Waals surface area (Å²) in [7, 11) is 0. The molecule has 112 valence electrons. The molecule has 0 saturated heterocycles. The van der Waals surface area contributed by atoms with Crippen molar-refractivity contribution < 1.29 is 19.1 Å². The Balaban J connectivity index is 2.15. The van der Waals surface area contributed by atoms with Crippen LogP contribution >= 0.6 is 0 Å². The minimum absolute atomic E-state index is 0.125. The number of esters is 1. The average Bonchev–Trinajstić information content (AvgIpc) is 2.76. The minimum atomic E-state index is -0.580. The fourth-order valence-electron chi connectivity index (χ4n) is 2.11. The summed E-state index contributed by atoms with van der Waals surface area (Å²) in [6.07, 6.45) is 2.23. The summed E-state index contributed by atoms with van der Waals surface area (Å²) in [6.45, 7) is 3.77. The normalized spacial score (nSPS) is 12.8. The molecule has 0 saturated carbocycles. The number of rotatable bonds is 6. The van der Waals surface area contributed by atoms with E-state index in [4.69, 9.17) is 10.00 Å². The predicted molar refractivity (Wildman–Crippen MR) is 77.1 cm³/mol. The highest BCUT2D eigenvalue weighted by Gasteiger charge is 2.35. The lowest BCUT2D eigenvalue weighted by Crippen LogP contribution is -2.29. The monoisotopic (exact) mass is 298 g/mol. The number of carbonyl (C=O) groups excluding carboxylic acids is 3. The van der Waals surface area contributed by atoms with E-state index in [1.165, 1.54) is 24.3 Å². The molecule has 0 fully saturated rings. The maximum atomic E-state index is 12.1. The molecule has 0 N–H and O–H groups in total. The van der Waals surface area contributed by atoms with Crippen LogP contribution in [0.2, 0.25) is 0 Å². The van der Waals surface area contributed by atoms with Crippen LogP contribution in [0.1, 0.15) is 43.9 Å². The first-order valence-electron chi connectivity index (χ1n) is 6.75. The van der Waals surface area contributed by atoms with E-state index in [-0.39, 0.29) is 29.8 Å². The van der Waals surface area contributed by atoms with Gasteiger partial charge in [0.15, 0.2) is 0 Å². The van der Waals surface area contributed by atoms with Crippen LogP contribution in [0.3, 0.4) is 0 Å². The molecule has 2 amide bonds. The molecule has 0 unspecified atom stereocenters. The highest BCUT2D eigenvalue weighted by molar-refractivity contribution is 6.22. The molecule has 0 spiro atoms. The third kappa shape index (κ3) is 2.88. The minimum Gasteiger partial charge on any atom is -0.462 e. The van der Waals surface area contributed by atoms with Crippen molar-refractivity contribution in [3.8, 4) is 6.07 Å². The maximum Gasteiger partial charge on any atom is 0.338 e. The van der Waals surface area contributed by atoms with Crippen LogP contribution in [-0.4, -0.2) is 35.8 Å². The van der Waals surface area contributed by atoms with Gasteiger partial charge in [0.1, 0.15) is 0 Å². The number of amides is 2. The number of benzene rings is 1. The average molecular weight is 298 g/mol. The number of carbonyl (C=O) groups is 3. The quantitative estimate of drug-likeness (QED) is 0.346. The number of hydrogen-bond donors (Lipinski definition) is 0. The van der Waals surface area contributed by atoms with Crippen molar-refractivity contribution in [3.05, 3.63) is 47.5 Å². The zero-order valence-electron chi connectivity index (χ0n) is 11.9. The number of nitriles is 1. The summed E-state index contributed by atoms with van der Waals surface area (Å²) in [6, 6.07) is 6.22. The van der Waals surface area contributed by atoms with Gasteiger partial charge in [-0.2, -0.15) is 5.26 Å². The van der Waals surface area contributed by atoms with Gasteiger partial charge in [0, 0.05) is 13.0 Å². The number of imide groups is 1. The lowest BCUT2D eigenvalue weighted by Gasteiger charge is -2.09. The molecule has 2 rings (SSSR count). The van der Waals surface area contributed by atoms with Gasteiger partial charge >= 0.3 is 5.97 Å². The first kappa shape index (κ1) is 15.4. The highest BCUT2D eigenvalue weighted by Crippen LogP contribution is 2.24. The van der Waals surface area contributed by atoms with E-state index in [2.05, 4.69) is 6.58 Å².